The zero-order chi connectivity index (χ0) is 17.6. The summed E-state index contributed by atoms with van der Waals surface area (Å²) in [5.41, 5.74) is 2.26. The fourth-order valence-corrected chi connectivity index (χ4v) is 2.40. The van der Waals surface area contributed by atoms with E-state index in [1.54, 1.807) is 12.1 Å². The predicted molar refractivity (Wildman–Crippen MR) is 93.5 cm³/mol. The van der Waals surface area contributed by atoms with Gasteiger partial charge in [0.2, 0.25) is 11.8 Å². The molecule has 0 radical (unpaired) electrons. The van der Waals surface area contributed by atoms with Crippen molar-refractivity contribution in [3.8, 4) is 17.3 Å². The minimum absolute atomic E-state index is 0.181. The normalized spacial score (nSPS) is 10.5. The summed E-state index contributed by atoms with van der Waals surface area (Å²) in [6.07, 6.45) is 2.08. The van der Waals surface area contributed by atoms with Gasteiger partial charge in [0.15, 0.2) is 0 Å². The smallest absolute Gasteiger partial charge is 0.252 e. The Balaban J connectivity index is 1.58. The number of amides is 1. The molecule has 2 aromatic heterocycles. The SMILES string of the molecule is COc1ccc(C(=O)NCCc2nc(-c3ccccc3)oc2C)cn1. The molecule has 128 valence electrons. The zero-order valence-electron chi connectivity index (χ0n) is 14.2. The molecule has 0 aliphatic carbocycles. The van der Waals surface area contributed by atoms with E-state index in [2.05, 4.69) is 15.3 Å². The number of aryl methyl sites for hydroxylation is 1. The van der Waals surface area contributed by atoms with Gasteiger partial charge in [0, 0.05) is 30.8 Å². The number of nitrogens with zero attached hydrogens (tertiary/aromatic N) is 2. The van der Waals surface area contributed by atoms with Gasteiger partial charge in [0.05, 0.1) is 18.4 Å². The number of hydrogen-bond donors (Lipinski definition) is 1. The first-order chi connectivity index (χ1) is 12.2. The van der Waals surface area contributed by atoms with E-state index < -0.39 is 0 Å². The number of ether oxygens (including phenoxy) is 1. The molecule has 1 amide bonds. The van der Waals surface area contributed by atoms with E-state index in [4.69, 9.17) is 9.15 Å². The lowest BCUT2D eigenvalue weighted by molar-refractivity contribution is 0.0953. The summed E-state index contributed by atoms with van der Waals surface area (Å²) in [5, 5.41) is 2.86. The third kappa shape index (κ3) is 4.03. The van der Waals surface area contributed by atoms with Crippen LogP contribution in [0.25, 0.3) is 11.5 Å². The molecule has 25 heavy (non-hydrogen) atoms. The van der Waals surface area contributed by atoms with Crippen LogP contribution in [-0.2, 0) is 6.42 Å². The van der Waals surface area contributed by atoms with Crippen molar-refractivity contribution < 1.29 is 13.9 Å². The monoisotopic (exact) mass is 337 g/mol. The average molecular weight is 337 g/mol. The Bertz CT molecular complexity index is 842. The maximum Gasteiger partial charge on any atom is 0.252 e. The number of carbonyl (C=O) groups excluding carboxylic acids is 1. The van der Waals surface area contributed by atoms with Crippen LogP contribution in [0.15, 0.2) is 53.1 Å². The molecule has 0 fully saturated rings. The second-order valence-corrected chi connectivity index (χ2v) is 5.48. The van der Waals surface area contributed by atoms with E-state index in [-0.39, 0.29) is 5.91 Å². The summed E-state index contributed by atoms with van der Waals surface area (Å²) < 4.78 is 10.7. The number of oxazole rings is 1. The fraction of sp³-hybridized carbons (Fsp3) is 0.211. The van der Waals surface area contributed by atoms with Crippen molar-refractivity contribution in [2.45, 2.75) is 13.3 Å². The van der Waals surface area contributed by atoms with Crippen LogP contribution in [0.3, 0.4) is 0 Å². The van der Waals surface area contributed by atoms with Gasteiger partial charge in [-0.15, -0.1) is 0 Å². The number of methoxy groups -OCH3 is 1. The van der Waals surface area contributed by atoms with Gasteiger partial charge in [-0.1, -0.05) is 18.2 Å². The predicted octanol–water partition coefficient (Wildman–Crippen LogP) is 3.03. The maximum absolute atomic E-state index is 12.1. The van der Waals surface area contributed by atoms with Gasteiger partial charge in [0.1, 0.15) is 5.76 Å². The number of aromatic nitrogens is 2. The first kappa shape index (κ1) is 16.7. The maximum atomic E-state index is 12.1. The third-order valence-corrected chi connectivity index (χ3v) is 3.77. The lowest BCUT2D eigenvalue weighted by atomic mass is 10.2. The highest BCUT2D eigenvalue weighted by atomic mass is 16.5. The van der Waals surface area contributed by atoms with Gasteiger partial charge in [-0.3, -0.25) is 4.79 Å². The molecule has 1 aromatic carbocycles. The number of hydrogen-bond acceptors (Lipinski definition) is 5. The molecule has 0 aliphatic heterocycles. The average Bonchev–Trinajstić information content (AvgIpc) is 3.03. The molecule has 3 aromatic rings. The van der Waals surface area contributed by atoms with Crippen LogP contribution in [0.5, 0.6) is 5.88 Å². The Hall–Kier alpha value is -3.15. The molecule has 0 spiro atoms. The topological polar surface area (TPSA) is 77.2 Å². The Morgan fingerprint density at radius 3 is 2.68 bits per heavy atom. The van der Waals surface area contributed by atoms with Crippen LogP contribution in [0.4, 0.5) is 0 Å². The first-order valence-corrected chi connectivity index (χ1v) is 7.97. The Morgan fingerprint density at radius 2 is 2.00 bits per heavy atom. The molecule has 6 nitrogen and oxygen atoms in total. The van der Waals surface area contributed by atoms with Gasteiger partial charge in [-0.25, -0.2) is 9.97 Å². The Morgan fingerprint density at radius 1 is 1.20 bits per heavy atom. The van der Waals surface area contributed by atoms with Gasteiger partial charge in [-0.2, -0.15) is 0 Å². The molecule has 1 N–H and O–H groups in total. The molecule has 0 aliphatic rings. The Kier molecular flexibility index (Phi) is 5.09. The molecule has 6 heteroatoms. The summed E-state index contributed by atoms with van der Waals surface area (Å²) in [7, 11) is 1.53. The van der Waals surface area contributed by atoms with Crippen molar-refractivity contribution in [1.82, 2.24) is 15.3 Å². The van der Waals surface area contributed by atoms with Gasteiger partial charge < -0.3 is 14.5 Å². The van der Waals surface area contributed by atoms with E-state index in [0.717, 1.165) is 17.0 Å². The van der Waals surface area contributed by atoms with Crippen molar-refractivity contribution in [2.24, 2.45) is 0 Å². The largest absolute Gasteiger partial charge is 0.481 e. The quantitative estimate of drug-likeness (QED) is 0.748. The summed E-state index contributed by atoms with van der Waals surface area (Å²) in [6.45, 7) is 2.34. The second kappa shape index (κ2) is 7.61. The highest BCUT2D eigenvalue weighted by Crippen LogP contribution is 2.21. The molecule has 0 saturated carbocycles. The first-order valence-electron chi connectivity index (χ1n) is 7.97. The van der Waals surface area contributed by atoms with Crippen LogP contribution >= 0.6 is 0 Å². The van der Waals surface area contributed by atoms with Crippen molar-refractivity contribution in [2.75, 3.05) is 13.7 Å². The molecular weight excluding hydrogens is 318 g/mol. The highest BCUT2D eigenvalue weighted by molar-refractivity contribution is 5.93. The zero-order valence-corrected chi connectivity index (χ0v) is 14.2. The van der Waals surface area contributed by atoms with Gasteiger partial charge >= 0.3 is 0 Å². The van der Waals surface area contributed by atoms with E-state index in [9.17, 15) is 4.79 Å². The van der Waals surface area contributed by atoms with Crippen LogP contribution in [0, 0.1) is 6.92 Å². The molecule has 0 bridgehead atoms. The van der Waals surface area contributed by atoms with Gasteiger partial charge in [0.25, 0.3) is 5.91 Å². The summed E-state index contributed by atoms with van der Waals surface area (Å²) >= 11 is 0. The molecule has 2 heterocycles. The third-order valence-electron chi connectivity index (χ3n) is 3.77. The molecule has 0 unspecified atom stereocenters. The van der Waals surface area contributed by atoms with Crippen LogP contribution in [0.1, 0.15) is 21.8 Å². The Labute approximate surface area is 145 Å². The van der Waals surface area contributed by atoms with E-state index in [1.165, 1.54) is 13.3 Å². The lowest BCUT2D eigenvalue weighted by Gasteiger charge is -2.04. The second-order valence-electron chi connectivity index (χ2n) is 5.48. The summed E-state index contributed by atoms with van der Waals surface area (Å²) in [6, 6.07) is 13.1. The van der Waals surface area contributed by atoms with Gasteiger partial charge in [-0.05, 0) is 25.1 Å². The summed E-state index contributed by atoms with van der Waals surface area (Å²) in [4.78, 5) is 20.7. The van der Waals surface area contributed by atoms with Crippen molar-refractivity contribution >= 4 is 5.91 Å². The minimum atomic E-state index is -0.181. The molecular formula is C19H19N3O3. The minimum Gasteiger partial charge on any atom is -0.481 e. The number of benzene rings is 1. The van der Waals surface area contributed by atoms with E-state index in [1.807, 2.05) is 37.3 Å². The molecule has 3 rings (SSSR count). The number of carbonyl (C=O) groups is 1. The van der Waals surface area contributed by atoms with Crippen molar-refractivity contribution in [1.29, 1.82) is 0 Å². The molecule has 0 atom stereocenters. The number of nitrogens with one attached hydrogen (secondary N) is 1. The standard InChI is InChI=1S/C19H19N3O3/c1-13-16(22-19(25-13)14-6-4-3-5-7-14)10-11-20-18(23)15-8-9-17(24-2)21-12-15/h3-9,12H,10-11H2,1-2H3,(H,20,23). The molecule has 0 saturated heterocycles. The van der Waals surface area contributed by atoms with Crippen molar-refractivity contribution in [3.63, 3.8) is 0 Å². The van der Waals surface area contributed by atoms with Crippen LogP contribution in [0.2, 0.25) is 0 Å². The van der Waals surface area contributed by atoms with Crippen LogP contribution in [-0.4, -0.2) is 29.5 Å². The van der Waals surface area contributed by atoms with Crippen molar-refractivity contribution in [3.05, 3.63) is 65.7 Å². The highest BCUT2D eigenvalue weighted by Gasteiger charge is 2.12. The van der Waals surface area contributed by atoms with Crippen LogP contribution < -0.4 is 10.1 Å². The van der Waals surface area contributed by atoms with E-state index >= 15 is 0 Å². The van der Waals surface area contributed by atoms with E-state index in [0.29, 0.717) is 30.3 Å². The number of rotatable bonds is 6. The fourth-order valence-electron chi connectivity index (χ4n) is 2.40. The summed E-state index contributed by atoms with van der Waals surface area (Å²) in [5.74, 6) is 1.65. The number of pyridine rings is 1. The lowest BCUT2D eigenvalue weighted by Crippen LogP contribution is -2.26.